The maximum Gasteiger partial charge on any atom is 0.0906 e. The van der Waals surface area contributed by atoms with Crippen molar-refractivity contribution in [2.45, 2.75) is 25.7 Å². The fourth-order valence-corrected chi connectivity index (χ4v) is 3.32. The van der Waals surface area contributed by atoms with E-state index >= 15 is 0 Å². The zero-order valence-electron chi connectivity index (χ0n) is 12.0. The Morgan fingerprint density at radius 3 is 2.65 bits per heavy atom. The van der Waals surface area contributed by atoms with Crippen LogP contribution in [0, 0.1) is 0 Å². The average Bonchev–Trinajstić information content (AvgIpc) is 3.01. The van der Waals surface area contributed by atoms with Crippen LogP contribution < -0.4 is 4.90 Å². The van der Waals surface area contributed by atoms with E-state index in [0.29, 0.717) is 0 Å². The third-order valence-electron chi connectivity index (χ3n) is 4.40. The van der Waals surface area contributed by atoms with E-state index in [-0.39, 0.29) is 0 Å². The first-order valence-electron chi connectivity index (χ1n) is 7.66. The van der Waals surface area contributed by atoms with Gasteiger partial charge < -0.3 is 15.0 Å². The Labute approximate surface area is 120 Å². The minimum absolute atomic E-state index is 0.816. The molecule has 1 fully saturated rings. The van der Waals surface area contributed by atoms with Gasteiger partial charge in [-0.1, -0.05) is 23.4 Å². The maximum atomic E-state index is 9.11. The van der Waals surface area contributed by atoms with Gasteiger partial charge in [-0.3, -0.25) is 0 Å². The van der Waals surface area contributed by atoms with Gasteiger partial charge in [0, 0.05) is 30.8 Å². The van der Waals surface area contributed by atoms with Crippen LogP contribution in [0.2, 0.25) is 0 Å². The first-order valence-corrected chi connectivity index (χ1v) is 7.66. The smallest absolute Gasteiger partial charge is 0.0906 e. The number of hydrogen-bond acceptors (Lipinski definition) is 4. The number of hydrogen-bond donors (Lipinski definition) is 1. The first-order chi connectivity index (χ1) is 9.88. The lowest BCUT2D eigenvalue weighted by Gasteiger charge is -2.32. The van der Waals surface area contributed by atoms with Crippen LogP contribution in [-0.4, -0.2) is 48.5 Å². The predicted molar refractivity (Wildman–Crippen MR) is 81.9 cm³/mol. The molecule has 2 aliphatic heterocycles. The van der Waals surface area contributed by atoms with E-state index in [4.69, 9.17) is 5.21 Å². The predicted octanol–water partition coefficient (Wildman–Crippen LogP) is 2.56. The Kier molecular flexibility index (Phi) is 4.21. The summed E-state index contributed by atoms with van der Waals surface area (Å²) in [5, 5.41) is 12.6. The van der Waals surface area contributed by atoms with Gasteiger partial charge in [-0.05, 0) is 45.0 Å². The van der Waals surface area contributed by atoms with Crippen molar-refractivity contribution >= 4 is 11.4 Å². The molecule has 0 bridgehead atoms. The van der Waals surface area contributed by atoms with Crippen molar-refractivity contribution in [2.24, 2.45) is 5.16 Å². The van der Waals surface area contributed by atoms with Gasteiger partial charge in [0.2, 0.25) is 0 Å². The highest BCUT2D eigenvalue weighted by Gasteiger charge is 2.21. The molecule has 1 saturated heterocycles. The molecular formula is C16H23N3O. The summed E-state index contributed by atoms with van der Waals surface area (Å²) in [5.41, 5.74) is 3.12. The second-order valence-corrected chi connectivity index (χ2v) is 5.70. The van der Waals surface area contributed by atoms with Crippen molar-refractivity contribution in [1.82, 2.24) is 4.90 Å². The highest BCUT2D eigenvalue weighted by molar-refractivity contribution is 6.06. The zero-order valence-corrected chi connectivity index (χ0v) is 12.0. The van der Waals surface area contributed by atoms with Crippen molar-refractivity contribution in [3.05, 3.63) is 29.8 Å². The Hall–Kier alpha value is -1.55. The Morgan fingerprint density at radius 1 is 1.05 bits per heavy atom. The molecule has 0 aromatic heterocycles. The van der Waals surface area contributed by atoms with Crippen LogP contribution in [0.1, 0.15) is 31.2 Å². The van der Waals surface area contributed by atoms with Gasteiger partial charge in [-0.2, -0.15) is 0 Å². The lowest BCUT2D eigenvalue weighted by molar-refractivity contribution is 0.317. The fourth-order valence-electron chi connectivity index (χ4n) is 3.32. The summed E-state index contributed by atoms with van der Waals surface area (Å²) in [6.45, 7) is 5.80. The van der Waals surface area contributed by atoms with Crippen LogP contribution in [0.15, 0.2) is 29.4 Å². The molecule has 1 aromatic carbocycles. The minimum Gasteiger partial charge on any atom is -0.411 e. The van der Waals surface area contributed by atoms with E-state index in [1.807, 2.05) is 6.07 Å². The number of para-hydroxylation sites is 1. The molecule has 0 aliphatic carbocycles. The first kappa shape index (κ1) is 13.4. The molecule has 0 atom stereocenters. The van der Waals surface area contributed by atoms with Crippen molar-refractivity contribution in [3.63, 3.8) is 0 Å². The number of oxime groups is 1. The van der Waals surface area contributed by atoms with Crippen molar-refractivity contribution in [3.8, 4) is 0 Å². The van der Waals surface area contributed by atoms with Gasteiger partial charge in [-0.15, -0.1) is 0 Å². The maximum absolute atomic E-state index is 9.11. The van der Waals surface area contributed by atoms with Crippen LogP contribution in [0.3, 0.4) is 0 Å². The summed E-state index contributed by atoms with van der Waals surface area (Å²) in [5.74, 6) is 0. The molecule has 4 heteroatoms. The summed E-state index contributed by atoms with van der Waals surface area (Å²) >= 11 is 0. The van der Waals surface area contributed by atoms with E-state index < -0.39 is 0 Å². The third-order valence-corrected chi connectivity index (χ3v) is 4.40. The highest BCUT2D eigenvalue weighted by atomic mass is 16.4. The van der Waals surface area contributed by atoms with E-state index in [1.54, 1.807) is 0 Å². The van der Waals surface area contributed by atoms with Gasteiger partial charge in [0.05, 0.1) is 5.71 Å². The van der Waals surface area contributed by atoms with Crippen molar-refractivity contribution < 1.29 is 5.21 Å². The average molecular weight is 273 g/mol. The largest absolute Gasteiger partial charge is 0.411 e. The number of rotatable bonds is 4. The summed E-state index contributed by atoms with van der Waals surface area (Å²) in [6.07, 6.45) is 4.77. The summed E-state index contributed by atoms with van der Waals surface area (Å²) in [4.78, 5) is 5.00. The fraction of sp³-hybridized carbons (Fsp3) is 0.562. The van der Waals surface area contributed by atoms with Gasteiger partial charge in [0.25, 0.3) is 0 Å². The third kappa shape index (κ3) is 2.80. The van der Waals surface area contributed by atoms with Crippen molar-refractivity contribution in [1.29, 1.82) is 0 Å². The number of fused-ring (bicyclic) bond motifs is 1. The number of nitrogens with zero attached hydrogens (tertiary/aromatic N) is 3. The molecule has 108 valence electrons. The van der Waals surface area contributed by atoms with E-state index in [0.717, 1.165) is 30.8 Å². The van der Waals surface area contributed by atoms with Crippen LogP contribution in [0.25, 0.3) is 0 Å². The number of benzene rings is 1. The number of likely N-dealkylation sites (tertiary alicyclic amines) is 1. The molecule has 0 spiro atoms. The second-order valence-electron chi connectivity index (χ2n) is 5.70. The molecule has 20 heavy (non-hydrogen) atoms. The van der Waals surface area contributed by atoms with Crippen LogP contribution >= 0.6 is 0 Å². The molecule has 0 saturated carbocycles. The molecule has 0 radical (unpaired) electrons. The highest BCUT2D eigenvalue weighted by Crippen LogP contribution is 2.27. The van der Waals surface area contributed by atoms with Crippen molar-refractivity contribution in [2.75, 3.05) is 37.6 Å². The molecule has 2 heterocycles. The van der Waals surface area contributed by atoms with Crippen LogP contribution in [0.5, 0.6) is 0 Å². The second kappa shape index (κ2) is 6.27. The Bertz CT molecular complexity index is 480. The summed E-state index contributed by atoms with van der Waals surface area (Å²) in [7, 11) is 0. The zero-order chi connectivity index (χ0) is 13.8. The van der Waals surface area contributed by atoms with E-state index in [9.17, 15) is 0 Å². The van der Waals surface area contributed by atoms with E-state index in [1.165, 1.54) is 44.6 Å². The molecular weight excluding hydrogens is 250 g/mol. The number of anilines is 1. The lowest BCUT2D eigenvalue weighted by Crippen LogP contribution is -2.34. The lowest BCUT2D eigenvalue weighted by atomic mass is 9.99. The summed E-state index contributed by atoms with van der Waals surface area (Å²) < 4.78 is 0. The standard InChI is InChI=1S/C16H23N3O/c20-17-15-8-13-19(16-7-2-1-6-14(15)16)12-5-11-18-9-3-4-10-18/h1-2,6-7,20H,3-5,8-13H2. The Balaban J connectivity index is 1.62. The van der Waals surface area contributed by atoms with Gasteiger partial charge in [0.1, 0.15) is 0 Å². The molecule has 2 aliphatic rings. The van der Waals surface area contributed by atoms with Crippen LogP contribution in [-0.2, 0) is 0 Å². The molecule has 3 rings (SSSR count). The molecule has 0 amide bonds. The van der Waals surface area contributed by atoms with Crippen LogP contribution in [0.4, 0.5) is 5.69 Å². The Morgan fingerprint density at radius 2 is 1.85 bits per heavy atom. The molecule has 4 nitrogen and oxygen atoms in total. The topological polar surface area (TPSA) is 39.1 Å². The normalized spacial score (nSPS) is 21.4. The summed E-state index contributed by atoms with van der Waals surface area (Å²) in [6, 6.07) is 8.26. The SMILES string of the molecule is ON=C1CCN(CCCN2CCCC2)c2ccccc21. The minimum atomic E-state index is 0.816. The van der Waals surface area contributed by atoms with Gasteiger partial charge in [-0.25, -0.2) is 0 Å². The monoisotopic (exact) mass is 273 g/mol. The molecule has 1 aromatic rings. The molecule has 1 N–H and O–H groups in total. The van der Waals surface area contributed by atoms with E-state index in [2.05, 4.69) is 33.2 Å². The quantitative estimate of drug-likeness (QED) is 0.677. The van der Waals surface area contributed by atoms with Gasteiger partial charge >= 0.3 is 0 Å². The molecule has 0 unspecified atom stereocenters. The van der Waals surface area contributed by atoms with Gasteiger partial charge in [0.15, 0.2) is 0 Å².